The van der Waals surface area contributed by atoms with Crippen molar-refractivity contribution < 1.29 is 9.50 Å². The predicted octanol–water partition coefficient (Wildman–Crippen LogP) is 2.63. The van der Waals surface area contributed by atoms with E-state index in [0.29, 0.717) is 49.6 Å². The van der Waals surface area contributed by atoms with E-state index in [1.165, 1.54) is 17.7 Å². The minimum Gasteiger partial charge on any atom is -0.504 e. The summed E-state index contributed by atoms with van der Waals surface area (Å²) in [6, 6.07) is 4.18. The van der Waals surface area contributed by atoms with Gasteiger partial charge in [-0.3, -0.25) is 4.99 Å². The van der Waals surface area contributed by atoms with E-state index in [4.69, 9.17) is 11.1 Å². The molecule has 1 aromatic heterocycles. The number of nitrogens with zero attached hydrogens (tertiary/aromatic N) is 5. The van der Waals surface area contributed by atoms with Crippen LogP contribution in [0.5, 0.6) is 5.75 Å². The highest BCUT2D eigenvalue weighted by Gasteiger charge is 2.33. The number of hydrogen-bond acceptors (Lipinski definition) is 9. The smallest absolute Gasteiger partial charge is 0.225 e. The number of para-hydroxylation sites is 1. The zero-order valence-electron chi connectivity index (χ0n) is 20.9. The first-order valence-electron chi connectivity index (χ1n) is 12.6. The molecule has 1 atom stereocenters. The topological polar surface area (TPSA) is 127 Å². The van der Waals surface area contributed by atoms with Crippen LogP contribution in [0.25, 0.3) is 0 Å². The minimum atomic E-state index is -0.761. The van der Waals surface area contributed by atoms with Crippen molar-refractivity contribution in [2.45, 2.75) is 38.6 Å². The van der Waals surface area contributed by atoms with Crippen molar-refractivity contribution in [2.75, 3.05) is 44.2 Å². The Morgan fingerprint density at radius 1 is 1.19 bits per heavy atom. The number of nitrogens with one attached hydrogen (secondary N) is 2. The van der Waals surface area contributed by atoms with E-state index in [-0.39, 0.29) is 17.3 Å². The number of aromatic hydroxyl groups is 1. The Kier molecular flexibility index (Phi) is 8.14. The SMILES string of the molecule is CC.N=C(/C=C1\C(N)=NCC2CN(c3ncc(C4CCNCC4)cn3)CCN12)c1cccc(F)c1O. The average molecular weight is 495 g/mol. The third-order valence-electron chi connectivity index (χ3n) is 6.84. The summed E-state index contributed by atoms with van der Waals surface area (Å²) in [5, 5.41) is 21.8. The van der Waals surface area contributed by atoms with Crippen LogP contribution in [-0.4, -0.2) is 76.8 Å². The van der Waals surface area contributed by atoms with Crippen LogP contribution in [0.15, 0.2) is 47.4 Å². The molecule has 9 nitrogen and oxygen atoms in total. The van der Waals surface area contributed by atoms with Gasteiger partial charge in [-0.15, -0.1) is 0 Å². The van der Waals surface area contributed by atoms with Crippen molar-refractivity contribution in [3.05, 3.63) is 59.3 Å². The third kappa shape index (κ3) is 5.33. The Bertz CT molecular complexity index is 1130. The van der Waals surface area contributed by atoms with Crippen LogP contribution >= 0.6 is 0 Å². The molecule has 0 aliphatic carbocycles. The van der Waals surface area contributed by atoms with Gasteiger partial charge in [0.25, 0.3) is 0 Å². The summed E-state index contributed by atoms with van der Waals surface area (Å²) < 4.78 is 13.8. The molecule has 3 aliphatic heterocycles. The van der Waals surface area contributed by atoms with Gasteiger partial charge < -0.3 is 31.4 Å². The molecule has 1 unspecified atom stereocenters. The highest BCUT2D eigenvalue weighted by atomic mass is 19.1. The van der Waals surface area contributed by atoms with E-state index in [1.54, 1.807) is 6.08 Å². The third-order valence-corrected chi connectivity index (χ3v) is 6.84. The molecule has 5 rings (SSSR count). The molecule has 5 N–H and O–H groups in total. The Morgan fingerprint density at radius 2 is 1.92 bits per heavy atom. The van der Waals surface area contributed by atoms with Gasteiger partial charge in [-0.05, 0) is 55.6 Å². The summed E-state index contributed by atoms with van der Waals surface area (Å²) in [6.07, 6.45) is 7.69. The first-order chi connectivity index (χ1) is 17.5. The first-order valence-corrected chi connectivity index (χ1v) is 12.6. The number of rotatable bonds is 4. The molecule has 192 valence electrons. The Labute approximate surface area is 211 Å². The second-order valence-corrected chi connectivity index (χ2v) is 8.94. The Morgan fingerprint density at radius 3 is 2.64 bits per heavy atom. The number of benzene rings is 1. The lowest BCUT2D eigenvalue weighted by atomic mass is 9.92. The number of anilines is 1. The van der Waals surface area contributed by atoms with Crippen molar-refractivity contribution in [1.82, 2.24) is 20.2 Å². The minimum absolute atomic E-state index is 0.0231. The number of fused-ring (bicyclic) bond motifs is 1. The number of aliphatic imine (C=N–C) groups is 1. The second-order valence-electron chi connectivity index (χ2n) is 8.94. The van der Waals surface area contributed by atoms with Gasteiger partial charge >= 0.3 is 0 Å². The van der Waals surface area contributed by atoms with Crippen molar-refractivity contribution in [3.63, 3.8) is 0 Å². The number of piperidine rings is 1. The molecule has 10 heteroatoms. The summed E-state index contributed by atoms with van der Waals surface area (Å²) in [7, 11) is 0. The number of amidine groups is 1. The Balaban J connectivity index is 0.00000148. The van der Waals surface area contributed by atoms with Gasteiger partial charge in [0, 0.05) is 37.6 Å². The molecule has 0 spiro atoms. The molecule has 1 aromatic carbocycles. The van der Waals surface area contributed by atoms with E-state index >= 15 is 0 Å². The Hall–Kier alpha value is -3.53. The van der Waals surface area contributed by atoms with Crippen LogP contribution < -0.4 is 16.0 Å². The van der Waals surface area contributed by atoms with Crippen LogP contribution in [0.2, 0.25) is 0 Å². The summed E-state index contributed by atoms with van der Waals surface area (Å²) in [5.41, 5.74) is 8.08. The molecule has 2 saturated heterocycles. The average Bonchev–Trinajstić information content (AvgIpc) is 2.93. The number of halogens is 1. The van der Waals surface area contributed by atoms with Crippen molar-refractivity contribution >= 4 is 17.5 Å². The summed E-state index contributed by atoms with van der Waals surface area (Å²) >= 11 is 0. The lowest BCUT2D eigenvalue weighted by Gasteiger charge is -2.45. The number of piperazine rings is 1. The van der Waals surface area contributed by atoms with Crippen LogP contribution in [0.4, 0.5) is 10.3 Å². The maximum Gasteiger partial charge on any atom is 0.225 e. The van der Waals surface area contributed by atoms with Crippen LogP contribution in [-0.2, 0) is 0 Å². The quantitative estimate of drug-likeness (QED) is 0.481. The molecular formula is C26H35FN8O. The van der Waals surface area contributed by atoms with Crippen molar-refractivity contribution in [3.8, 4) is 5.75 Å². The number of allylic oxidation sites excluding steroid dienone is 1. The van der Waals surface area contributed by atoms with Gasteiger partial charge in [0.2, 0.25) is 5.95 Å². The molecule has 3 aliphatic rings. The number of aromatic nitrogens is 2. The van der Waals surface area contributed by atoms with E-state index in [9.17, 15) is 9.50 Å². The van der Waals surface area contributed by atoms with Gasteiger partial charge in [-0.1, -0.05) is 19.9 Å². The fourth-order valence-corrected chi connectivity index (χ4v) is 4.91. The lowest BCUT2D eigenvalue weighted by molar-refractivity contribution is 0.234. The monoisotopic (exact) mass is 494 g/mol. The highest BCUT2D eigenvalue weighted by molar-refractivity contribution is 6.13. The summed E-state index contributed by atoms with van der Waals surface area (Å²) in [4.78, 5) is 18.1. The highest BCUT2D eigenvalue weighted by Crippen LogP contribution is 2.27. The zero-order chi connectivity index (χ0) is 25.7. The maximum atomic E-state index is 13.8. The molecule has 0 saturated carbocycles. The molecule has 0 radical (unpaired) electrons. The van der Waals surface area contributed by atoms with Crippen LogP contribution in [0.3, 0.4) is 0 Å². The summed E-state index contributed by atoms with van der Waals surface area (Å²) in [6.45, 7) is 8.64. The van der Waals surface area contributed by atoms with Gasteiger partial charge in [-0.25, -0.2) is 14.4 Å². The van der Waals surface area contributed by atoms with E-state index < -0.39 is 11.6 Å². The van der Waals surface area contributed by atoms with Gasteiger partial charge in [0.1, 0.15) is 5.84 Å². The first kappa shape index (κ1) is 25.6. The molecule has 0 amide bonds. The molecule has 0 bridgehead atoms. The fraction of sp³-hybridized carbons (Fsp3) is 0.462. The van der Waals surface area contributed by atoms with E-state index in [2.05, 4.69) is 30.1 Å². The molecule has 36 heavy (non-hydrogen) atoms. The maximum absolute atomic E-state index is 13.8. The predicted molar refractivity (Wildman–Crippen MR) is 140 cm³/mol. The molecular weight excluding hydrogens is 459 g/mol. The van der Waals surface area contributed by atoms with E-state index in [0.717, 1.165) is 32.0 Å². The fourth-order valence-electron chi connectivity index (χ4n) is 4.91. The van der Waals surface area contributed by atoms with Crippen molar-refractivity contribution in [2.24, 2.45) is 10.7 Å². The van der Waals surface area contributed by atoms with Gasteiger partial charge in [-0.2, -0.15) is 0 Å². The standard InChI is InChI=1S/C24H29FN8O.C2H6/c25-19-3-1-2-18(22(19)34)20(26)10-21-23(27)29-13-17-14-32(8-9-33(17)21)24-30-11-16(12-31-24)15-4-6-28-7-5-15;1-2/h1-3,10-12,15,17,26,28,34H,4-9,13-14H2,(H2,27,29);1-2H3/b21-10+,26-20?;. The number of hydrogen-bond donors (Lipinski definition) is 4. The number of phenols is 1. The van der Waals surface area contributed by atoms with Crippen molar-refractivity contribution in [1.29, 1.82) is 5.41 Å². The number of nitrogens with two attached hydrogens (primary N) is 1. The van der Waals surface area contributed by atoms with Crippen LogP contribution in [0, 0.1) is 11.2 Å². The lowest BCUT2D eigenvalue weighted by Crippen LogP contribution is -2.57. The van der Waals surface area contributed by atoms with Crippen LogP contribution in [0.1, 0.15) is 43.7 Å². The van der Waals surface area contributed by atoms with Gasteiger partial charge in [0.05, 0.1) is 24.0 Å². The summed E-state index contributed by atoms with van der Waals surface area (Å²) in [5.74, 6) is 0.268. The normalized spacial score (nSPS) is 21.4. The molecule has 2 fully saturated rings. The largest absolute Gasteiger partial charge is 0.504 e. The number of phenolic OH excluding ortho intramolecular Hbond substituents is 1. The zero-order valence-corrected chi connectivity index (χ0v) is 20.9. The van der Waals surface area contributed by atoms with E-state index in [1.807, 2.05) is 26.2 Å². The van der Waals surface area contributed by atoms with Gasteiger partial charge in [0.15, 0.2) is 11.6 Å². The second kappa shape index (κ2) is 11.5. The molecule has 4 heterocycles. The molecule has 2 aromatic rings.